The first-order chi connectivity index (χ1) is 13.9. The zero-order valence-corrected chi connectivity index (χ0v) is 15.5. The molecule has 0 spiro atoms. The highest BCUT2D eigenvalue weighted by Gasteiger charge is 2.39. The molecular formula is C21H19F3N4O. The summed E-state index contributed by atoms with van der Waals surface area (Å²) < 4.78 is 38.9. The van der Waals surface area contributed by atoms with Gasteiger partial charge in [0.15, 0.2) is 0 Å². The zero-order chi connectivity index (χ0) is 20.4. The second-order valence-corrected chi connectivity index (χ2v) is 7.10. The van der Waals surface area contributed by atoms with E-state index in [1.54, 1.807) is 24.4 Å². The number of rotatable bonds is 4. The molecule has 0 aliphatic heterocycles. The number of allylic oxidation sites excluding steroid dienone is 2. The summed E-state index contributed by atoms with van der Waals surface area (Å²) in [5.74, 6) is -1.57. The van der Waals surface area contributed by atoms with Gasteiger partial charge in [-0.05, 0) is 48.6 Å². The van der Waals surface area contributed by atoms with Crippen LogP contribution in [0.15, 0.2) is 48.8 Å². The molecule has 1 unspecified atom stereocenters. The van der Waals surface area contributed by atoms with Crippen LogP contribution in [0.4, 0.5) is 13.2 Å². The van der Waals surface area contributed by atoms with Crippen LogP contribution in [-0.4, -0.2) is 27.3 Å². The Bertz CT molecular complexity index is 1060. The largest absolute Gasteiger partial charge is 0.392 e. The van der Waals surface area contributed by atoms with Crippen molar-refractivity contribution >= 4 is 22.4 Å². The summed E-state index contributed by atoms with van der Waals surface area (Å²) in [5.41, 5.74) is 3.58. The summed E-state index contributed by atoms with van der Waals surface area (Å²) in [6.07, 6.45) is 1.01. The first-order valence-electron chi connectivity index (χ1n) is 9.33. The molecule has 3 aromatic rings. The van der Waals surface area contributed by atoms with E-state index in [2.05, 4.69) is 20.5 Å². The maximum atomic E-state index is 13.0. The predicted octanol–water partition coefficient (Wildman–Crippen LogP) is 4.63. The van der Waals surface area contributed by atoms with E-state index in [0.29, 0.717) is 24.0 Å². The molecule has 0 saturated heterocycles. The summed E-state index contributed by atoms with van der Waals surface area (Å²) in [6.45, 7) is 0.308. The quantitative estimate of drug-likeness (QED) is 0.671. The Morgan fingerprint density at radius 2 is 2.14 bits per heavy atom. The fraction of sp³-hybridized carbons (Fsp3) is 0.286. The molecule has 0 saturated carbocycles. The molecule has 4 rings (SSSR count). The normalized spacial score (nSPS) is 17.2. The SMILES string of the molecule is O=C(NCc1ccn[nH]1)c1cnc2cccc(C3=CCC(C(F)(F)F)CC3)c2c1. The molecule has 2 heterocycles. The van der Waals surface area contributed by atoms with Crippen molar-refractivity contribution in [1.29, 1.82) is 0 Å². The van der Waals surface area contributed by atoms with Gasteiger partial charge in [0.1, 0.15) is 0 Å². The fourth-order valence-corrected chi connectivity index (χ4v) is 3.59. The third-order valence-electron chi connectivity index (χ3n) is 5.21. The number of pyridine rings is 1. The average Bonchev–Trinajstić information content (AvgIpc) is 3.24. The van der Waals surface area contributed by atoms with E-state index < -0.39 is 12.1 Å². The maximum absolute atomic E-state index is 13.0. The summed E-state index contributed by atoms with van der Waals surface area (Å²) >= 11 is 0. The van der Waals surface area contributed by atoms with E-state index in [-0.39, 0.29) is 18.7 Å². The zero-order valence-electron chi connectivity index (χ0n) is 15.5. The molecule has 2 N–H and O–H groups in total. The van der Waals surface area contributed by atoms with Crippen LogP contribution >= 0.6 is 0 Å². The average molecular weight is 400 g/mol. The monoisotopic (exact) mass is 400 g/mol. The van der Waals surface area contributed by atoms with Crippen molar-refractivity contribution < 1.29 is 18.0 Å². The van der Waals surface area contributed by atoms with Gasteiger partial charge in [-0.15, -0.1) is 0 Å². The van der Waals surface area contributed by atoms with E-state index in [1.165, 1.54) is 6.20 Å². The lowest BCUT2D eigenvalue weighted by Crippen LogP contribution is -2.24. The minimum Gasteiger partial charge on any atom is -0.346 e. The highest BCUT2D eigenvalue weighted by atomic mass is 19.4. The lowest BCUT2D eigenvalue weighted by Gasteiger charge is -2.24. The predicted molar refractivity (Wildman–Crippen MR) is 103 cm³/mol. The molecule has 1 aliphatic rings. The number of benzene rings is 1. The van der Waals surface area contributed by atoms with Gasteiger partial charge in [0.05, 0.1) is 29.2 Å². The Hall–Kier alpha value is -3.16. The van der Waals surface area contributed by atoms with E-state index in [1.807, 2.05) is 18.2 Å². The number of H-pyrrole nitrogens is 1. The Morgan fingerprint density at radius 3 is 2.83 bits per heavy atom. The van der Waals surface area contributed by atoms with Crippen molar-refractivity contribution in [1.82, 2.24) is 20.5 Å². The van der Waals surface area contributed by atoms with E-state index in [4.69, 9.17) is 0 Å². The van der Waals surface area contributed by atoms with Gasteiger partial charge in [-0.25, -0.2) is 0 Å². The first kappa shape index (κ1) is 19.2. The molecule has 1 atom stereocenters. The van der Waals surface area contributed by atoms with Crippen molar-refractivity contribution in [3.8, 4) is 0 Å². The highest BCUT2D eigenvalue weighted by Crippen LogP contribution is 2.40. The van der Waals surface area contributed by atoms with Gasteiger partial charge in [-0.1, -0.05) is 18.2 Å². The number of hydrogen-bond donors (Lipinski definition) is 2. The van der Waals surface area contributed by atoms with Gasteiger partial charge in [0.2, 0.25) is 0 Å². The highest BCUT2D eigenvalue weighted by molar-refractivity contribution is 6.00. The number of nitrogens with one attached hydrogen (secondary N) is 2. The number of hydrogen-bond acceptors (Lipinski definition) is 3. The van der Waals surface area contributed by atoms with Crippen LogP contribution in [-0.2, 0) is 6.54 Å². The van der Waals surface area contributed by atoms with Gasteiger partial charge >= 0.3 is 6.18 Å². The molecule has 5 nitrogen and oxygen atoms in total. The Kier molecular flexibility index (Phi) is 5.08. The Labute approximate surface area is 165 Å². The molecule has 1 aliphatic carbocycles. The van der Waals surface area contributed by atoms with Gasteiger partial charge in [-0.2, -0.15) is 18.3 Å². The minimum absolute atomic E-state index is 0.0208. The molecule has 29 heavy (non-hydrogen) atoms. The number of aromatic amines is 1. The second kappa shape index (κ2) is 7.69. The van der Waals surface area contributed by atoms with Crippen molar-refractivity contribution in [3.05, 3.63) is 65.6 Å². The number of carbonyl (C=O) groups excluding carboxylic acids is 1. The van der Waals surface area contributed by atoms with Crippen molar-refractivity contribution in [3.63, 3.8) is 0 Å². The summed E-state index contributed by atoms with van der Waals surface area (Å²) in [4.78, 5) is 16.9. The van der Waals surface area contributed by atoms with Crippen LogP contribution in [0.3, 0.4) is 0 Å². The van der Waals surface area contributed by atoms with Gasteiger partial charge < -0.3 is 5.32 Å². The number of amides is 1. The second-order valence-electron chi connectivity index (χ2n) is 7.10. The summed E-state index contributed by atoms with van der Waals surface area (Å²) in [5, 5.41) is 10.2. The molecule has 8 heteroatoms. The van der Waals surface area contributed by atoms with Crippen LogP contribution < -0.4 is 5.32 Å². The Balaban J connectivity index is 1.60. The van der Waals surface area contributed by atoms with Crippen LogP contribution in [0.5, 0.6) is 0 Å². The summed E-state index contributed by atoms with van der Waals surface area (Å²) in [7, 11) is 0. The molecule has 0 fully saturated rings. The van der Waals surface area contributed by atoms with Crippen LogP contribution in [0.2, 0.25) is 0 Å². The van der Waals surface area contributed by atoms with Crippen molar-refractivity contribution in [2.24, 2.45) is 5.92 Å². The molecular weight excluding hydrogens is 381 g/mol. The topological polar surface area (TPSA) is 70.7 Å². The van der Waals surface area contributed by atoms with Gasteiger partial charge in [0.25, 0.3) is 5.91 Å². The lowest BCUT2D eigenvalue weighted by atomic mass is 9.85. The molecule has 1 amide bonds. The third-order valence-corrected chi connectivity index (χ3v) is 5.21. The van der Waals surface area contributed by atoms with E-state index >= 15 is 0 Å². The van der Waals surface area contributed by atoms with Gasteiger partial charge in [-0.3, -0.25) is 14.9 Å². The fourth-order valence-electron chi connectivity index (χ4n) is 3.59. The minimum atomic E-state index is -4.16. The van der Waals surface area contributed by atoms with Crippen LogP contribution in [0, 0.1) is 5.92 Å². The third kappa shape index (κ3) is 4.16. The summed E-state index contributed by atoms with van der Waals surface area (Å²) in [6, 6.07) is 9.04. The van der Waals surface area contributed by atoms with Gasteiger partial charge in [0, 0.05) is 17.8 Å². The smallest absolute Gasteiger partial charge is 0.346 e. The molecule has 1 aromatic carbocycles. The number of carbonyl (C=O) groups is 1. The standard InChI is InChI=1S/C21H19F3N4O/c22-21(23,24)15-6-4-13(5-7-15)17-2-1-3-19-18(17)10-14(11-25-19)20(29)26-12-16-8-9-27-28-16/h1-4,8-11,15H,5-7,12H2,(H,26,29)(H,27,28). The molecule has 150 valence electrons. The van der Waals surface area contributed by atoms with Crippen molar-refractivity contribution in [2.45, 2.75) is 32.0 Å². The van der Waals surface area contributed by atoms with Crippen LogP contribution in [0.25, 0.3) is 16.5 Å². The van der Waals surface area contributed by atoms with E-state index in [9.17, 15) is 18.0 Å². The maximum Gasteiger partial charge on any atom is 0.392 e. The lowest BCUT2D eigenvalue weighted by molar-refractivity contribution is -0.175. The Morgan fingerprint density at radius 1 is 1.28 bits per heavy atom. The molecule has 0 bridgehead atoms. The number of alkyl halides is 3. The van der Waals surface area contributed by atoms with E-state index in [0.717, 1.165) is 22.2 Å². The number of nitrogens with zero attached hydrogens (tertiary/aromatic N) is 2. The van der Waals surface area contributed by atoms with Crippen LogP contribution in [0.1, 0.15) is 40.9 Å². The number of halogens is 3. The molecule has 0 radical (unpaired) electrons. The number of fused-ring (bicyclic) bond motifs is 1. The molecule has 2 aromatic heterocycles. The first-order valence-corrected chi connectivity index (χ1v) is 9.33. The van der Waals surface area contributed by atoms with Crippen molar-refractivity contribution in [2.75, 3.05) is 0 Å². The number of aromatic nitrogens is 3.